The molecule has 0 spiro atoms. The number of allylic oxidation sites excluding steroid dienone is 3. The van der Waals surface area contributed by atoms with Crippen molar-refractivity contribution < 1.29 is 18.7 Å². The van der Waals surface area contributed by atoms with Gasteiger partial charge in [0.1, 0.15) is 11.7 Å². The smallest absolute Gasteiger partial charge is 0.329 e. The molecule has 1 aliphatic heterocycles. The maximum Gasteiger partial charge on any atom is 0.329 e. The monoisotopic (exact) mass is 466 g/mol. The minimum Gasteiger partial charge on any atom is -0.355 e. The molecule has 3 aliphatic rings. The number of amides is 2. The molecule has 2 heterocycles. The number of hydrogen-bond donors (Lipinski definition) is 2. The summed E-state index contributed by atoms with van der Waals surface area (Å²) < 4.78 is 28.9. The molecule has 1 aromatic heterocycles. The molecule has 2 unspecified atom stereocenters. The predicted molar refractivity (Wildman–Crippen MR) is 122 cm³/mol. The number of hydrogen-bond acceptors (Lipinski definition) is 4. The number of amidine groups is 1. The summed E-state index contributed by atoms with van der Waals surface area (Å²) in [7, 11) is 0. The zero-order valence-electron chi connectivity index (χ0n) is 18.3. The molecule has 1 aromatic carbocycles. The van der Waals surface area contributed by atoms with Crippen LogP contribution >= 0.6 is 0 Å². The van der Waals surface area contributed by atoms with Crippen LogP contribution in [0.1, 0.15) is 30.4 Å². The number of nitrogens with one attached hydrogen (secondary N) is 1. The highest BCUT2D eigenvalue weighted by Gasteiger charge is 2.38. The summed E-state index contributed by atoms with van der Waals surface area (Å²) >= 11 is 0. The van der Waals surface area contributed by atoms with Crippen molar-refractivity contribution in [3.05, 3.63) is 93.2 Å². The highest BCUT2D eigenvalue weighted by atomic mass is 19.2. The molecule has 2 aliphatic carbocycles. The zero-order chi connectivity index (χ0) is 23.8. The van der Waals surface area contributed by atoms with Gasteiger partial charge in [0.25, 0.3) is 5.56 Å². The minimum atomic E-state index is -1.74. The predicted octanol–water partition coefficient (Wildman–Crippen LogP) is 3.64. The van der Waals surface area contributed by atoms with Gasteiger partial charge in [-0.25, -0.2) is 18.6 Å². The van der Waals surface area contributed by atoms with Gasteiger partial charge in [-0.2, -0.15) is 0 Å². The van der Waals surface area contributed by atoms with Crippen LogP contribution in [-0.2, 0) is 6.54 Å². The van der Waals surface area contributed by atoms with Crippen LogP contribution in [-0.4, -0.2) is 50.8 Å². The fourth-order valence-electron chi connectivity index (χ4n) is 4.34. The number of pyridine rings is 1. The molecule has 9 heteroatoms. The van der Waals surface area contributed by atoms with Gasteiger partial charge in [-0.05, 0) is 36.0 Å². The number of aliphatic hydroxyl groups excluding tert-OH is 1. The Balaban J connectivity index is 1.50. The average molecular weight is 466 g/mol. The van der Waals surface area contributed by atoms with Crippen molar-refractivity contribution in [1.82, 2.24) is 14.8 Å². The number of benzene rings is 1. The first-order chi connectivity index (χ1) is 16.4. The molecule has 2 aromatic rings. The normalized spacial score (nSPS) is 23.2. The third-order valence-corrected chi connectivity index (χ3v) is 6.25. The molecule has 0 bridgehead atoms. The molecular formula is C25H24F2N4O3. The molecule has 2 amide bonds. The fourth-order valence-corrected chi connectivity index (χ4v) is 4.34. The summed E-state index contributed by atoms with van der Waals surface area (Å²) in [6.07, 6.45) is 1.38. The number of nitrogens with zero attached hydrogens (tertiary/aromatic N) is 3. The van der Waals surface area contributed by atoms with Crippen molar-refractivity contribution in [1.29, 1.82) is 0 Å². The van der Waals surface area contributed by atoms with E-state index in [1.807, 2.05) is 6.07 Å². The summed E-state index contributed by atoms with van der Waals surface area (Å²) in [5.74, 6) is -0.458. The maximum atomic E-state index is 14.5. The van der Waals surface area contributed by atoms with Gasteiger partial charge in [0.15, 0.2) is 6.17 Å². The number of aromatic nitrogens is 1. The van der Waals surface area contributed by atoms with E-state index in [1.54, 1.807) is 42.5 Å². The Kier molecular flexibility index (Phi) is 5.87. The van der Waals surface area contributed by atoms with Crippen LogP contribution in [0.5, 0.6) is 0 Å². The Morgan fingerprint density at radius 2 is 1.85 bits per heavy atom. The number of halogens is 2. The van der Waals surface area contributed by atoms with Gasteiger partial charge >= 0.3 is 6.03 Å². The van der Waals surface area contributed by atoms with Crippen LogP contribution in [0.3, 0.4) is 0 Å². The van der Waals surface area contributed by atoms with Gasteiger partial charge in [0.2, 0.25) is 6.35 Å². The number of rotatable bonds is 6. The Bertz CT molecular complexity index is 1250. The van der Waals surface area contributed by atoms with Crippen molar-refractivity contribution in [3.63, 3.8) is 0 Å². The molecule has 1 fully saturated rings. The lowest BCUT2D eigenvalue weighted by Crippen LogP contribution is -2.55. The second kappa shape index (κ2) is 8.98. The molecule has 7 nitrogen and oxygen atoms in total. The summed E-state index contributed by atoms with van der Waals surface area (Å²) in [4.78, 5) is 35.0. The first kappa shape index (κ1) is 22.2. The van der Waals surface area contributed by atoms with Crippen LogP contribution in [0.2, 0.25) is 0 Å². The number of aliphatic hydroxyl groups is 1. The van der Waals surface area contributed by atoms with Gasteiger partial charge in [0, 0.05) is 23.7 Å². The standard InChI is InChI=1S/C25H24F2N4O3/c26-20-12-15(11-19(21(20)27)16-8-9-16)13-30-22(17-5-2-1-3-6-17)29-24(33)31(25(30)34)14-18-7-4-10-28-23(18)32/h1-7,10-11,16,20,24,33H,8-9,12-14H2,(H,28,32). The lowest BCUT2D eigenvalue weighted by atomic mass is 9.93. The first-order valence-corrected chi connectivity index (χ1v) is 11.2. The first-order valence-electron chi connectivity index (χ1n) is 11.2. The van der Waals surface area contributed by atoms with Crippen molar-refractivity contribution in [2.75, 3.05) is 6.54 Å². The van der Waals surface area contributed by atoms with E-state index in [2.05, 4.69) is 9.98 Å². The van der Waals surface area contributed by atoms with E-state index >= 15 is 0 Å². The topological polar surface area (TPSA) is 89.0 Å². The number of aliphatic imine (C=N–C) groups is 1. The van der Waals surface area contributed by atoms with Crippen molar-refractivity contribution in [2.45, 2.75) is 38.3 Å². The number of H-pyrrole nitrogens is 1. The Hall–Kier alpha value is -3.59. The van der Waals surface area contributed by atoms with E-state index in [4.69, 9.17) is 0 Å². The number of alkyl halides is 1. The highest BCUT2D eigenvalue weighted by Crippen LogP contribution is 2.43. The molecule has 2 atom stereocenters. The van der Waals surface area contributed by atoms with Crippen molar-refractivity contribution in [3.8, 4) is 0 Å². The molecule has 2 N–H and O–H groups in total. The van der Waals surface area contributed by atoms with Crippen LogP contribution in [0.4, 0.5) is 13.6 Å². The van der Waals surface area contributed by atoms with Crippen LogP contribution in [0, 0.1) is 5.92 Å². The third kappa shape index (κ3) is 4.31. The molecule has 0 saturated heterocycles. The second-order valence-electron chi connectivity index (χ2n) is 8.74. The number of carbonyl (C=O) groups is 1. The SMILES string of the molecule is O=C1N(CC2=CC(C3CC3)=C(F)C(F)C2)C(c2ccccc2)=NC(O)N1Cc1ccc[nH]c1=O. The lowest BCUT2D eigenvalue weighted by Gasteiger charge is -2.38. The Morgan fingerprint density at radius 3 is 2.56 bits per heavy atom. The molecule has 5 rings (SSSR count). The summed E-state index contributed by atoms with van der Waals surface area (Å²) in [6, 6.07) is 11.5. The van der Waals surface area contributed by atoms with Gasteiger partial charge in [0.05, 0.1) is 13.1 Å². The fraction of sp³-hybridized carbons (Fsp3) is 0.320. The largest absolute Gasteiger partial charge is 0.355 e. The van der Waals surface area contributed by atoms with E-state index < -0.39 is 24.4 Å². The highest BCUT2D eigenvalue weighted by molar-refractivity contribution is 6.09. The van der Waals surface area contributed by atoms with Gasteiger partial charge < -0.3 is 10.1 Å². The molecule has 34 heavy (non-hydrogen) atoms. The van der Waals surface area contributed by atoms with Crippen LogP contribution < -0.4 is 5.56 Å². The van der Waals surface area contributed by atoms with E-state index in [9.17, 15) is 23.5 Å². The van der Waals surface area contributed by atoms with Gasteiger partial charge in [-0.3, -0.25) is 14.6 Å². The Morgan fingerprint density at radius 1 is 1.09 bits per heavy atom. The van der Waals surface area contributed by atoms with Crippen LogP contribution in [0.25, 0.3) is 0 Å². The molecular weight excluding hydrogens is 442 g/mol. The second-order valence-corrected chi connectivity index (χ2v) is 8.74. The summed E-state index contributed by atoms with van der Waals surface area (Å²) in [5.41, 5.74) is 1.46. The zero-order valence-corrected chi connectivity index (χ0v) is 18.3. The summed E-state index contributed by atoms with van der Waals surface area (Å²) in [5, 5.41) is 10.7. The van der Waals surface area contributed by atoms with E-state index in [0.29, 0.717) is 16.7 Å². The summed E-state index contributed by atoms with van der Waals surface area (Å²) in [6.45, 7) is -0.171. The van der Waals surface area contributed by atoms with E-state index in [0.717, 1.165) is 17.7 Å². The third-order valence-electron chi connectivity index (χ3n) is 6.25. The Labute approximate surface area is 194 Å². The van der Waals surface area contributed by atoms with Gasteiger partial charge in [-0.15, -0.1) is 0 Å². The number of carbonyl (C=O) groups excluding carboxylic acids is 1. The lowest BCUT2D eigenvalue weighted by molar-refractivity contribution is 0.0168. The average Bonchev–Trinajstić information content (AvgIpc) is 3.67. The van der Waals surface area contributed by atoms with Gasteiger partial charge in [-0.1, -0.05) is 42.5 Å². The molecule has 1 saturated carbocycles. The van der Waals surface area contributed by atoms with Crippen molar-refractivity contribution in [2.24, 2.45) is 10.9 Å². The van der Waals surface area contributed by atoms with E-state index in [1.165, 1.54) is 11.1 Å². The van der Waals surface area contributed by atoms with Crippen molar-refractivity contribution >= 4 is 11.9 Å². The minimum absolute atomic E-state index is 0.00908. The molecule has 0 radical (unpaired) electrons. The molecule has 176 valence electrons. The van der Waals surface area contributed by atoms with Crippen LogP contribution in [0.15, 0.2) is 81.5 Å². The number of urea groups is 1. The number of aromatic amines is 1. The maximum absolute atomic E-state index is 14.5. The van der Waals surface area contributed by atoms with E-state index in [-0.39, 0.29) is 42.4 Å². The quantitative estimate of drug-likeness (QED) is 0.681.